The van der Waals surface area contributed by atoms with Gasteiger partial charge < -0.3 is 25.8 Å². The van der Waals surface area contributed by atoms with Crippen LogP contribution in [0.2, 0.25) is 0 Å². The Morgan fingerprint density at radius 2 is 1.82 bits per heavy atom. The maximum Gasteiger partial charge on any atom is 0.273 e. The van der Waals surface area contributed by atoms with E-state index in [0.717, 1.165) is 54.6 Å². The number of aromatic nitrogens is 1. The predicted molar refractivity (Wildman–Crippen MR) is 141 cm³/mol. The van der Waals surface area contributed by atoms with Gasteiger partial charge in [-0.3, -0.25) is 14.4 Å². The van der Waals surface area contributed by atoms with Crippen molar-refractivity contribution < 1.29 is 14.4 Å². The number of rotatable bonds is 3. The molecule has 198 valence electrons. The topological polar surface area (TPSA) is 106 Å². The van der Waals surface area contributed by atoms with Gasteiger partial charge in [-0.1, -0.05) is 25.0 Å². The summed E-state index contributed by atoms with van der Waals surface area (Å²) in [5.74, 6) is 1.05. The first-order valence-corrected chi connectivity index (χ1v) is 14.5. The molecule has 4 N–H and O–H groups in total. The van der Waals surface area contributed by atoms with Gasteiger partial charge in [0.25, 0.3) is 11.8 Å². The Balaban J connectivity index is 0.956. The quantitative estimate of drug-likeness (QED) is 0.497. The van der Waals surface area contributed by atoms with Gasteiger partial charge in [-0.2, -0.15) is 0 Å². The summed E-state index contributed by atoms with van der Waals surface area (Å²) >= 11 is 0. The first-order valence-electron chi connectivity index (χ1n) is 14.5. The number of aromatic amines is 1. The minimum Gasteiger partial charge on any atom is -0.378 e. The van der Waals surface area contributed by atoms with Gasteiger partial charge in [-0.15, -0.1) is 0 Å². The van der Waals surface area contributed by atoms with Gasteiger partial charge >= 0.3 is 0 Å². The number of fused-ring (bicyclic) bond motifs is 3. The van der Waals surface area contributed by atoms with E-state index < -0.39 is 0 Å². The molecule has 2 amide bonds. The highest BCUT2D eigenvalue weighted by Crippen LogP contribution is 2.67. The van der Waals surface area contributed by atoms with Crippen LogP contribution >= 0.6 is 0 Å². The molecule has 7 unspecified atom stereocenters. The summed E-state index contributed by atoms with van der Waals surface area (Å²) in [6.45, 7) is 2.71. The first-order chi connectivity index (χ1) is 18.4. The number of aryl methyl sites for hydroxylation is 1. The largest absolute Gasteiger partial charge is 0.378 e. The average Bonchev–Trinajstić information content (AvgIpc) is 3.37. The van der Waals surface area contributed by atoms with E-state index in [-0.39, 0.29) is 41.0 Å². The Morgan fingerprint density at radius 3 is 2.68 bits per heavy atom. The van der Waals surface area contributed by atoms with Gasteiger partial charge in [-0.05, 0) is 68.4 Å². The van der Waals surface area contributed by atoms with Crippen LogP contribution < -0.4 is 16.0 Å². The van der Waals surface area contributed by atoms with E-state index in [1.807, 2.05) is 18.0 Å². The zero-order chi connectivity index (χ0) is 25.8. The van der Waals surface area contributed by atoms with Gasteiger partial charge in [0.15, 0.2) is 0 Å². The molecule has 0 aromatic carbocycles. The summed E-state index contributed by atoms with van der Waals surface area (Å²) in [5, 5.41) is 10.2. The van der Waals surface area contributed by atoms with Crippen LogP contribution in [0.25, 0.3) is 0 Å². The van der Waals surface area contributed by atoms with E-state index in [2.05, 4.69) is 33.1 Å². The fraction of sp³-hybridized carbons (Fsp3) is 0.567. The third-order valence-corrected chi connectivity index (χ3v) is 10.5. The van der Waals surface area contributed by atoms with Crippen LogP contribution in [0, 0.1) is 24.7 Å². The van der Waals surface area contributed by atoms with Crippen molar-refractivity contribution in [2.75, 3.05) is 6.54 Å². The number of nitrogens with zero attached hydrogens (tertiary/aromatic N) is 1. The molecule has 8 rings (SSSR count). The Bertz CT molecular complexity index is 1370. The van der Waals surface area contributed by atoms with E-state index in [0.29, 0.717) is 35.8 Å². The number of likely N-dealkylation sites (tertiary alicyclic amines) is 1. The standard InChI is InChI=1S/C30H35N5O3/c1-15-13-31-27-24(36)11-25-30(26(15)27)12-18(30)14-35(25)29(38)23-10-17-8-19(6-7-21(17)34-23)32-28(37)22-9-16-4-2-3-5-20(16)33-22/h9-11,13,16-21,31,33-34H,2-8,12,14H2,1H3,(H,32,37). The summed E-state index contributed by atoms with van der Waals surface area (Å²) in [4.78, 5) is 44.7. The highest BCUT2D eigenvalue weighted by atomic mass is 16.2. The smallest absolute Gasteiger partial charge is 0.273 e. The first kappa shape index (κ1) is 22.7. The van der Waals surface area contributed by atoms with Crippen molar-refractivity contribution in [3.63, 3.8) is 0 Å². The molecule has 3 aliphatic heterocycles. The number of H-pyrrole nitrogens is 1. The fourth-order valence-corrected chi connectivity index (χ4v) is 8.59. The van der Waals surface area contributed by atoms with Crippen LogP contribution in [0.4, 0.5) is 0 Å². The van der Waals surface area contributed by atoms with Crippen molar-refractivity contribution in [2.24, 2.45) is 17.8 Å². The summed E-state index contributed by atoms with van der Waals surface area (Å²) in [6.07, 6.45) is 16.3. The number of hydrogen-bond donors (Lipinski definition) is 4. The van der Waals surface area contributed by atoms with Crippen LogP contribution in [-0.2, 0) is 15.0 Å². The van der Waals surface area contributed by atoms with Crippen LogP contribution in [0.1, 0.15) is 73.0 Å². The molecule has 0 bridgehead atoms. The van der Waals surface area contributed by atoms with Gasteiger partial charge in [0.1, 0.15) is 0 Å². The molecule has 8 nitrogen and oxygen atoms in total. The lowest BCUT2D eigenvalue weighted by molar-refractivity contribution is -0.125. The molecule has 7 atom stereocenters. The number of carbonyl (C=O) groups excluding carboxylic acids is 3. The van der Waals surface area contributed by atoms with E-state index in [1.54, 1.807) is 6.08 Å². The van der Waals surface area contributed by atoms with Crippen LogP contribution in [0.15, 0.2) is 41.5 Å². The Hall–Kier alpha value is -3.29. The monoisotopic (exact) mass is 513 g/mol. The molecule has 1 spiro atoms. The molecule has 38 heavy (non-hydrogen) atoms. The van der Waals surface area contributed by atoms with Crippen molar-refractivity contribution in [3.05, 3.63) is 58.3 Å². The number of ketones is 1. The van der Waals surface area contributed by atoms with Gasteiger partial charge in [0.2, 0.25) is 5.78 Å². The molecule has 1 aromatic heterocycles. The Morgan fingerprint density at radius 1 is 1.03 bits per heavy atom. The minimum atomic E-state index is -0.176. The van der Waals surface area contributed by atoms with Gasteiger partial charge in [-0.25, -0.2) is 0 Å². The molecule has 0 radical (unpaired) electrons. The normalized spacial score (nSPS) is 37.9. The van der Waals surface area contributed by atoms with Gasteiger partial charge in [0.05, 0.1) is 17.1 Å². The number of hydrogen-bond acceptors (Lipinski definition) is 5. The van der Waals surface area contributed by atoms with Crippen molar-refractivity contribution >= 4 is 17.6 Å². The number of carbonyl (C=O) groups is 3. The van der Waals surface area contributed by atoms with Gasteiger partial charge in [0, 0.05) is 54.0 Å². The van der Waals surface area contributed by atoms with Crippen molar-refractivity contribution in [1.82, 2.24) is 25.8 Å². The second kappa shape index (κ2) is 7.87. The number of nitrogens with one attached hydrogen (secondary N) is 4. The van der Waals surface area contributed by atoms with E-state index >= 15 is 0 Å². The van der Waals surface area contributed by atoms with Crippen LogP contribution in [0.5, 0.6) is 0 Å². The highest BCUT2D eigenvalue weighted by molar-refractivity contribution is 6.09. The van der Waals surface area contributed by atoms with Crippen LogP contribution in [-0.4, -0.2) is 52.2 Å². The Kier molecular flexibility index (Phi) is 4.69. The lowest BCUT2D eigenvalue weighted by atomic mass is 9.83. The summed E-state index contributed by atoms with van der Waals surface area (Å²) in [5.41, 5.74) is 5.01. The van der Waals surface area contributed by atoms with Crippen molar-refractivity contribution in [3.8, 4) is 0 Å². The number of allylic oxidation sites excluding steroid dienone is 2. The van der Waals surface area contributed by atoms with E-state index in [4.69, 9.17) is 0 Å². The zero-order valence-corrected chi connectivity index (χ0v) is 21.8. The maximum absolute atomic E-state index is 13.8. The van der Waals surface area contributed by atoms with Crippen molar-refractivity contribution in [2.45, 2.75) is 81.8 Å². The molecule has 8 heteroatoms. The van der Waals surface area contributed by atoms with E-state index in [1.165, 1.54) is 19.3 Å². The molecule has 3 saturated carbocycles. The fourth-order valence-electron chi connectivity index (χ4n) is 8.59. The molecular weight excluding hydrogens is 478 g/mol. The second-order valence-electron chi connectivity index (χ2n) is 12.7. The molecule has 1 aromatic rings. The molecule has 1 saturated heterocycles. The Labute approximate surface area is 222 Å². The minimum absolute atomic E-state index is 0.0176. The molecule has 4 fully saturated rings. The molecule has 7 aliphatic rings. The van der Waals surface area contributed by atoms with E-state index in [9.17, 15) is 14.4 Å². The second-order valence-corrected chi connectivity index (χ2v) is 12.7. The average molecular weight is 514 g/mol. The predicted octanol–water partition coefficient (Wildman–Crippen LogP) is 2.69. The van der Waals surface area contributed by atoms with Crippen LogP contribution in [0.3, 0.4) is 0 Å². The van der Waals surface area contributed by atoms with Crippen molar-refractivity contribution in [1.29, 1.82) is 0 Å². The molecular formula is C30H35N5O3. The maximum atomic E-state index is 13.8. The lowest BCUT2D eigenvalue weighted by Gasteiger charge is -2.32. The summed E-state index contributed by atoms with van der Waals surface area (Å²) in [6, 6.07) is 0.757. The molecule has 4 aliphatic carbocycles. The SMILES string of the molecule is Cc1c[nH]c2c1C13CC1CN(C(=O)C1=CC4CC(NC(=O)C5=CC6CCCCC6N5)CCC4N1)C3=CC2=O. The molecule has 4 heterocycles. The zero-order valence-electron chi connectivity index (χ0n) is 21.8. The highest BCUT2D eigenvalue weighted by Gasteiger charge is 2.68. The third-order valence-electron chi connectivity index (χ3n) is 10.5. The number of amides is 2. The number of piperidine rings is 1. The lowest BCUT2D eigenvalue weighted by Crippen LogP contribution is -2.46. The third kappa shape index (κ3) is 3.12. The summed E-state index contributed by atoms with van der Waals surface area (Å²) < 4.78 is 0. The summed E-state index contributed by atoms with van der Waals surface area (Å²) in [7, 11) is 0.